The molecule has 2 fully saturated rings. The van der Waals surface area contributed by atoms with E-state index in [1.165, 1.54) is 22.1 Å². The zero-order chi connectivity index (χ0) is 23.8. The molecular weight excluding hydrogens is 469 g/mol. The van der Waals surface area contributed by atoms with Crippen molar-refractivity contribution >= 4 is 40.1 Å². The number of carboxylic acids is 1. The number of carbonyl (C=O) groups excluding carboxylic acids is 1. The predicted molar refractivity (Wildman–Crippen MR) is 119 cm³/mol. The number of thiazole rings is 1. The van der Waals surface area contributed by atoms with E-state index in [4.69, 9.17) is 9.47 Å². The summed E-state index contributed by atoms with van der Waals surface area (Å²) >= 11 is 1.21. The molecule has 1 unspecified atom stereocenters. The zero-order valence-electron chi connectivity index (χ0n) is 17.8. The number of nitrogens with zero attached hydrogens (tertiary/aromatic N) is 4. The highest BCUT2D eigenvalue weighted by molar-refractivity contribution is 7.12. The molecule has 5 heterocycles. The molecule has 0 radical (unpaired) electrons. The molecule has 2 aliphatic heterocycles. The highest BCUT2D eigenvalue weighted by Gasteiger charge is 2.35. The van der Waals surface area contributed by atoms with Crippen LogP contribution in [0.5, 0.6) is 0 Å². The minimum Gasteiger partial charge on any atom is -0.477 e. The van der Waals surface area contributed by atoms with Gasteiger partial charge in [0, 0.05) is 37.4 Å². The lowest BCUT2D eigenvalue weighted by molar-refractivity contribution is -0.128. The first-order chi connectivity index (χ1) is 16.4. The lowest BCUT2D eigenvalue weighted by Gasteiger charge is -2.39. The number of fused-ring (bicyclic) bond motifs is 1. The van der Waals surface area contributed by atoms with Crippen LogP contribution in [0, 0.1) is 11.7 Å². The van der Waals surface area contributed by atoms with Crippen LogP contribution in [-0.4, -0.2) is 77.1 Å². The molecule has 5 rings (SSSR count). The van der Waals surface area contributed by atoms with Gasteiger partial charge in [0.25, 0.3) is 0 Å². The van der Waals surface area contributed by atoms with E-state index in [9.17, 15) is 23.9 Å². The summed E-state index contributed by atoms with van der Waals surface area (Å²) in [7, 11) is 0. The topological polar surface area (TPSA) is 136 Å². The fraction of sp³-hybridized carbons (Fsp3) is 0.381. The lowest BCUT2D eigenvalue weighted by Crippen LogP contribution is -2.55. The van der Waals surface area contributed by atoms with Crippen molar-refractivity contribution in [1.82, 2.24) is 19.9 Å². The summed E-state index contributed by atoms with van der Waals surface area (Å²) in [5, 5.41) is 14.1. The fourth-order valence-corrected chi connectivity index (χ4v) is 4.52. The van der Waals surface area contributed by atoms with E-state index in [1.807, 2.05) is 0 Å². The molecule has 0 bridgehead atoms. The van der Waals surface area contributed by atoms with Crippen LogP contribution in [0.1, 0.15) is 10.4 Å². The Morgan fingerprint density at radius 1 is 1.32 bits per heavy atom. The van der Waals surface area contributed by atoms with E-state index in [-0.39, 0.29) is 47.9 Å². The quantitative estimate of drug-likeness (QED) is 0.511. The molecule has 2 N–H and O–H groups in total. The number of halogens is 1. The normalized spacial score (nSPS) is 18.6. The molecule has 2 aliphatic rings. The molecule has 34 heavy (non-hydrogen) atoms. The molecule has 1 atom stereocenters. The highest BCUT2D eigenvalue weighted by atomic mass is 32.1. The molecule has 178 valence electrons. The largest absolute Gasteiger partial charge is 0.477 e. The van der Waals surface area contributed by atoms with Crippen LogP contribution in [0.3, 0.4) is 0 Å². The number of carboxylic acid groups (broad SMARTS) is 1. The smallest absolute Gasteiger partial charge is 0.341 e. The maximum absolute atomic E-state index is 15.0. The summed E-state index contributed by atoms with van der Waals surface area (Å²) in [4.78, 5) is 46.7. The number of amides is 1. The van der Waals surface area contributed by atoms with Crippen molar-refractivity contribution in [2.45, 2.75) is 6.10 Å². The van der Waals surface area contributed by atoms with E-state index < -0.39 is 22.8 Å². The van der Waals surface area contributed by atoms with Crippen molar-refractivity contribution in [3.63, 3.8) is 0 Å². The van der Waals surface area contributed by atoms with Crippen LogP contribution in [-0.2, 0) is 14.3 Å². The third-order valence-electron chi connectivity index (χ3n) is 5.71. The first-order valence-corrected chi connectivity index (χ1v) is 11.4. The van der Waals surface area contributed by atoms with Crippen LogP contribution in [0.25, 0.3) is 16.2 Å². The van der Waals surface area contributed by atoms with Crippen LogP contribution in [0.2, 0.25) is 0 Å². The molecule has 2 saturated heterocycles. The number of rotatable bonds is 6. The Kier molecular flexibility index (Phi) is 5.98. The van der Waals surface area contributed by atoms with Crippen LogP contribution in [0.4, 0.5) is 10.2 Å². The van der Waals surface area contributed by atoms with Gasteiger partial charge in [-0.1, -0.05) is 0 Å². The molecule has 1 amide bonds. The number of aromatic carboxylic acids is 1. The Morgan fingerprint density at radius 3 is 2.82 bits per heavy atom. The molecule has 0 spiro atoms. The highest BCUT2D eigenvalue weighted by Crippen LogP contribution is 2.29. The molecule has 3 aromatic rings. The molecule has 0 aromatic carbocycles. The van der Waals surface area contributed by atoms with Gasteiger partial charge in [0.1, 0.15) is 5.56 Å². The maximum Gasteiger partial charge on any atom is 0.341 e. The Hall–Kier alpha value is -3.42. The minimum atomic E-state index is -1.43. The van der Waals surface area contributed by atoms with Crippen LogP contribution >= 0.6 is 11.3 Å². The van der Waals surface area contributed by atoms with Crippen LogP contribution < -0.4 is 15.6 Å². The van der Waals surface area contributed by atoms with Gasteiger partial charge in [0.15, 0.2) is 22.4 Å². The van der Waals surface area contributed by atoms with Crippen molar-refractivity contribution in [2.24, 2.45) is 5.92 Å². The van der Waals surface area contributed by atoms with Gasteiger partial charge in [-0.2, -0.15) is 0 Å². The van der Waals surface area contributed by atoms with Gasteiger partial charge in [0.2, 0.25) is 11.3 Å². The number of aromatic nitrogens is 3. The van der Waals surface area contributed by atoms with Gasteiger partial charge < -0.3 is 24.8 Å². The second-order valence-corrected chi connectivity index (χ2v) is 8.81. The molecule has 13 heteroatoms. The van der Waals surface area contributed by atoms with Gasteiger partial charge in [-0.3, -0.25) is 14.2 Å². The second kappa shape index (κ2) is 9.08. The first kappa shape index (κ1) is 22.4. The number of ether oxygens (including phenoxy) is 2. The summed E-state index contributed by atoms with van der Waals surface area (Å²) in [6, 6.07) is 0.990. The Labute approximate surface area is 195 Å². The molecular formula is C21H20FN5O6S. The third kappa shape index (κ3) is 4.13. The van der Waals surface area contributed by atoms with E-state index >= 15 is 0 Å². The van der Waals surface area contributed by atoms with Gasteiger partial charge in [-0.15, -0.1) is 11.3 Å². The number of hydrogen-bond acceptors (Lipinski definition) is 9. The fourth-order valence-electron chi connectivity index (χ4n) is 3.90. The number of hydrogen-bond donors (Lipinski definition) is 2. The number of anilines is 1. The van der Waals surface area contributed by atoms with Crippen molar-refractivity contribution in [1.29, 1.82) is 0 Å². The number of carbonyl (C=O) groups is 2. The molecule has 0 saturated carbocycles. The third-order valence-corrected chi connectivity index (χ3v) is 6.48. The average Bonchev–Trinajstić information content (AvgIpc) is 3.33. The summed E-state index contributed by atoms with van der Waals surface area (Å²) in [5.74, 6) is -2.74. The first-order valence-electron chi connectivity index (χ1n) is 10.5. The summed E-state index contributed by atoms with van der Waals surface area (Å²) in [6.07, 6.45) is 2.48. The monoisotopic (exact) mass is 489 g/mol. The predicted octanol–water partition coefficient (Wildman–Crippen LogP) is 0.647. The van der Waals surface area contributed by atoms with Crippen molar-refractivity contribution in [2.75, 3.05) is 44.4 Å². The number of nitrogens with one attached hydrogen (secondary N) is 1. The van der Waals surface area contributed by atoms with Crippen LogP contribution in [0.15, 0.2) is 28.6 Å². The van der Waals surface area contributed by atoms with Gasteiger partial charge in [0.05, 0.1) is 37.2 Å². The van der Waals surface area contributed by atoms with Crippen molar-refractivity contribution in [3.8, 4) is 5.13 Å². The number of pyridine rings is 2. The summed E-state index contributed by atoms with van der Waals surface area (Å²) in [5.41, 5.74) is -1.25. The van der Waals surface area contributed by atoms with Crippen molar-refractivity contribution < 1.29 is 28.6 Å². The van der Waals surface area contributed by atoms with E-state index in [1.54, 1.807) is 10.3 Å². The molecule has 0 aliphatic carbocycles. The minimum absolute atomic E-state index is 0.0201. The lowest BCUT2D eigenvalue weighted by atomic mass is 9.99. The summed E-state index contributed by atoms with van der Waals surface area (Å²) < 4.78 is 27.1. The van der Waals surface area contributed by atoms with Gasteiger partial charge in [-0.05, 0) is 6.07 Å². The van der Waals surface area contributed by atoms with Gasteiger partial charge in [-0.25, -0.2) is 19.2 Å². The molecule has 11 nitrogen and oxygen atoms in total. The molecule has 3 aromatic heterocycles. The average molecular weight is 489 g/mol. The Bertz CT molecular complexity index is 1300. The standard InChI is InChI=1S/C21H20FN5O6S/c22-15-5-13-16(28)14(20(30)31)9-27(21-23-1-4-34-21)17(13)25-18(15)26-7-11(8-26)19(29)24-6-12-10-32-2-3-33-12/h1,4-5,9,11-12H,2-3,6-8,10H2,(H,24,29)(H,30,31). The maximum atomic E-state index is 15.0. The van der Waals surface area contributed by atoms with E-state index in [0.717, 1.165) is 12.3 Å². The SMILES string of the molecule is O=C(O)c1cn(-c2nccs2)c2nc(N3CC(C(=O)NCC4COCCO4)C3)c(F)cc2c1=O. The van der Waals surface area contributed by atoms with E-state index in [0.29, 0.717) is 31.5 Å². The Balaban J connectivity index is 1.38. The van der Waals surface area contributed by atoms with E-state index in [2.05, 4.69) is 15.3 Å². The second-order valence-electron chi connectivity index (χ2n) is 7.94. The van der Waals surface area contributed by atoms with Gasteiger partial charge >= 0.3 is 5.97 Å². The van der Waals surface area contributed by atoms with Crippen molar-refractivity contribution in [3.05, 3.63) is 45.4 Å². The summed E-state index contributed by atoms with van der Waals surface area (Å²) in [6.45, 7) is 2.29. The Morgan fingerprint density at radius 2 is 2.15 bits per heavy atom. The zero-order valence-corrected chi connectivity index (χ0v) is 18.6.